The van der Waals surface area contributed by atoms with Crippen molar-refractivity contribution in [2.75, 3.05) is 11.4 Å². The molecular weight excluding hydrogens is 212 g/mol. The first kappa shape index (κ1) is 11.9. The summed E-state index contributed by atoms with van der Waals surface area (Å²) in [7, 11) is 0. The maximum atomic E-state index is 7.35. The van der Waals surface area contributed by atoms with E-state index in [0.29, 0.717) is 11.6 Å². The van der Waals surface area contributed by atoms with E-state index >= 15 is 0 Å². The molecule has 1 aromatic rings. The zero-order valence-corrected chi connectivity index (χ0v) is 10.5. The second kappa shape index (κ2) is 4.73. The van der Waals surface area contributed by atoms with Gasteiger partial charge in [-0.25, -0.2) is 4.98 Å². The van der Waals surface area contributed by atoms with Crippen LogP contribution in [-0.4, -0.2) is 23.4 Å². The quantitative estimate of drug-likeness (QED) is 0.605. The van der Waals surface area contributed by atoms with Crippen LogP contribution in [0.1, 0.15) is 32.3 Å². The van der Waals surface area contributed by atoms with Gasteiger partial charge in [-0.05, 0) is 37.8 Å². The topological polar surface area (TPSA) is 66.0 Å². The summed E-state index contributed by atoms with van der Waals surface area (Å²) in [5.74, 6) is 1.79. The Kier molecular flexibility index (Phi) is 3.31. The molecule has 92 valence electrons. The number of aromatic nitrogens is 1. The third-order valence-electron chi connectivity index (χ3n) is 3.47. The molecule has 0 radical (unpaired) electrons. The molecule has 2 unspecified atom stereocenters. The van der Waals surface area contributed by atoms with Crippen LogP contribution in [0.15, 0.2) is 18.3 Å². The highest BCUT2D eigenvalue weighted by molar-refractivity contribution is 5.94. The Balaban J connectivity index is 2.18. The lowest BCUT2D eigenvalue weighted by Crippen LogP contribution is -2.41. The Morgan fingerprint density at radius 3 is 2.76 bits per heavy atom. The molecule has 1 aromatic heterocycles. The molecule has 0 bridgehead atoms. The number of nitrogen functional groups attached to an aromatic ring is 1. The fraction of sp³-hybridized carbons (Fsp3) is 0.538. The van der Waals surface area contributed by atoms with E-state index < -0.39 is 0 Å². The summed E-state index contributed by atoms with van der Waals surface area (Å²) < 4.78 is 0. The first-order chi connectivity index (χ1) is 8.08. The van der Waals surface area contributed by atoms with Gasteiger partial charge in [0.15, 0.2) is 0 Å². The highest BCUT2D eigenvalue weighted by Gasteiger charge is 2.23. The molecule has 1 aliphatic heterocycles. The van der Waals surface area contributed by atoms with Crippen molar-refractivity contribution in [3.63, 3.8) is 0 Å². The summed E-state index contributed by atoms with van der Waals surface area (Å²) in [4.78, 5) is 6.76. The number of rotatable bonds is 2. The van der Waals surface area contributed by atoms with Crippen LogP contribution in [0.5, 0.6) is 0 Å². The predicted molar refractivity (Wildman–Crippen MR) is 70.5 cm³/mol. The van der Waals surface area contributed by atoms with Crippen LogP contribution in [-0.2, 0) is 0 Å². The van der Waals surface area contributed by atoms with Crippen molar-refractivity contribution in [3.8, 4) is 0 Å². The summed E-state index contributed by atoms with van der Waals surface area (Å²) in [5, 5.41) is 7.35. The van der Waals surface area contributed by atoms with Gasteiger partial charge in [-0.2, -0.15) is 0 Å². The van der Waals surface area contributed by atoms with E-state index in [1.165, 1.54) is 12.8 Å². The number of pyridine rings is 1. The van der Waals surface area contributed by atoms with E-state index in [1.54, 1.807) is 6.20 Å². The van der Waals surface area contributed by atoms with Gasteiger partial charge in [0.25, 0.3) is 0 Å². The van der Waals surface area contributed by atoms with E-state index in [2.05, 4.69) is 23.7 Å². The molecule has 0 aliphatic carbocycles. The average molecular weight is 232 g/mol. The minimum absolute atomic E-state index is 0.0733. The number of hydrogen-bond acceptors (Lipinski definition) is 3. The standard InChI is InChI=1S/C13H20N4/c1-9-3-4-10(2)17(8-9)12-6-5-11(7-16-12)13(14)15/h5-7,9-10H,3-4,8H2,1-2H3,(H3,14,15). The third-order valence-corrected chi connectivity index (χ3v) is 3.47. The van der Waals surface area contributed by atoms with Crippen molar-refractivity contribution in [1.29, 1.82) is 5.41 Å². The van der Waals surface area contributed by atoms with Gasteiger partial charge in [0.05, 0.1) is 0 Å². The van der Waals surface area contributed by atoms with Crippen LogP contribution >= 0.6 is 0 Å². The second-order valence-corrected chi connectivity index (χ2v) is 5.00. The van der Waals surface area contributed by atoms with Gasteiger partial charge >= 0.3 is 0 Å². The van der Waals surface area contributed by atoms with Crippen molar-refractivity contribution in [2.45, 2.75) is 32.7 Å². The number of nitrogens with one attached hydrogen (secondary N) is 1. The SMILES string of the molecule is CC1CCC(C)N(c2ccc(C(=N)N)cn2)C1. The van der Waals surface area contributed by atoms with Gasteiger partial charge in [-0.15, -0.1) is 0 Å². The van der Waals surface area contributed by atoms with E-state index in [4.69, 9.17) is 11.1 Å². The van der Waals surface area contributed by atoms with Crippen LogP contribution < -0.4 is 10.6 Å². The summed E-state index contributed by atoms with van der Waals surface area (Å²) in [6, 6.07) is 4.38. The fourth-order valence-corrected chi connectivity index (χ4v) is 2.32. The van der Waals surface area contributed by atoms with Crippen LogP contribution in [0.25, 0.3) is 0 Å². The highest BCUT2D eigenvalue weighted by Crippen LogP contribution is 2.25. The van der Waals surface area contributed by atoms with Crippen molar-refractivity contribution >= 4 is 11.7 Å². The maximum Gasteiger partial charge on any atom is 0.128 e. The Hall–Kier alpha value is -1.58. The van der Waals surface area contributed by atoms with E-state index in [9.17, 15) is 0 Å². The third kappa shape index (κ3) is 2.57. The fourth-order valence-electron chi connectivity index (χ4n) is 2.32. The molecule has 2 heterocycles. The largest absolute Gasteiger partial charge is 0.384 e. The molecule has 4 nitrogen and oxygen atoms in total. The summed E-state index contributed by atoms with van der Waals surface area (Å²) in [6.07, 6.45) is 4.20. The molecular formula is C13H20N4. The Morgan fingerprint density at radius 1 is 1.41 bits per heavy atom. The predicted octanol–water partition coefficient (Wildman–Crippen LogP) is 1.99. The number of nitrogens with zero attached hydrogens (tertiary/aromatic N) is 2. The van der Waals surface area contributed by atoms with Gasteiger partial charge in [0.2, 0.25) is 0 Å². The van der Waals surface area contributed by atoms with Crippen molar-refractivity contribution in [3.05, 3.63) is 23.9 Å². The summed E-state index contributed by atoms with van der Waals surface area (Å²) in [5.41, 5.74) is 6.11. The minimum atomic E-state index is 0.0733. The van der Waals surface area contributed by atoms with Crippen LogP contribution in [0.2, 0.25) is 0 Å². The lowest BCUT2D eigenvalue weighted by Gasteiger charge is -2.37. The second-order valence-electron chi connectivity index (χ2n) is 5.00. The smallest absolute Gasteiger partial charge is 0.128 e. The number of piperidine rings is 1. The molecule has 0 spiro atoms. The highest BCUT2D eigenvalue weighted by atomic mass is 15.2. The summed E-state index contributed by atoms with van der Waals surface area (Å²) in [6.45, 7) is 5.59. The Bertz CT molecular complexity index is 398. The van der Waals surface area contributed by atoms with Crippen LogP contribution in [0, 0.1) is 11.3 Å². The molecule has 2 atom stereocenters. The first-order valence-corrected chi connectivity index (χ1v) is 6.15. The molecule has 2 rings (SSSR count). The van der Waals surface area contributed by atoms with Crippen LogP contribution in [0.4, 0.5) is 5.82 Å². The van der Waals surface area contributed by atoms with Gasteiger partial charge in [-0.1, -0.05) is 6.92 Å². The Morgan fingerprint density at radius 2 is 2.18 bits per heavy atom. The van der Waals surface area contributed by atoms with Crippen molar-refractivity contribution in [2.24, 2.45) is 11.7 Å². The molecule has 1 saturated heterocycles. The molecule has 4 heteroatoms. The van der Waals surface area contributed by atoms with Gasteiger partial charge in [-0.3, -0.25) is 5.41 Å². The van der Waals surface area contributed by atoms with Gasteiger partial charge < -0.3 is 10.6 Å². The molecule has 3 N–H and O–H groups in total. The molecule has 0 aromatic carbocycles. The average Bonchev–Trinajstić information content (AvgIpc) is 2.32. The number of anilines is 1. The van der Waals surface area contributed by atoms with Crippen molar-refractivity contribution < 1.29 is 0 Å². The van der Waals surface area contributed by atoms with Crippen LogP contribution in [0.3, 0.4) is 0 Å². The molecule has 1 aliphatic rings. The van der Waals surface area contributed by atoms with E-state index in [0.717, 1.165) is 18.3 Å². The number of nitrogens with two attached hydrogens (primary N) is 1. The van der Waals surface area contributed by atoms with Crippen molar-refractivity contribution in [1.82, 2.24) is 4.98 Å². The van der Waals surface area contributed by atoms with E-state index in [1.807, 2.05) is 12.1 Å². The number of amidine groups is 1. The molecule has 0 saturated carbocycles. The molecule has 1 fully saturated rings. The molecule has 0 amide bonds. The normalized spacial score (nSPS) is 24.7. The van der Waals surface area contributed by atoms with Gasteiger partial charge in [0, 0.05) is 24.3 Å². The maximum absolute atomic E-state index is 7.35. The zero-order chi connectivity index (χ0) is 12.4. The monoisotopic (exact) mass is 232 g/mol. The summed E-state index contributed by atoms with van der Waals surface area (Å²) >= 11 is 0. The molecule has 17 heavy (non-hydrogen) atoms. The van der Waals surface area contributed by atoms with Gasteiger partial charge in [0.1, 0.15) is 11.7 Å². The first-order valence-electron chi connectivity index (χ1n) is 6.15. The lowest BCUT2D eigenvalue weighted by atomic mass is 9.95. The van der Waals surface area contributed by atoms with E-state index in [-0.39, 0.29) is 5.84 Å². The number of hydrogen-bond donors (Lipinski definition) is 2. The zero-order valence-electron chi connectivity index (χ0n) is 10.5. The lowest BCUT2D eigenvalue weighted by molar-refractivity contribution is 0.388. The Labute approximate surface area is 102 Å². The minimum Gasteiger partial charge on any atom is -0.384 e.